The van der Waals surface area contributed by atoms with Crippen molar-refractivity contribution in [2.24, 2.45) is 5.41 Å². The molecule has 0 radical (unpaired) electrons. The van der Waals surface area contributed by atoms with Gasteiger partial charge in [-0.2, -0.15) is 13.6 Å². The number of rotatable bonds is 2. The van der Waals surface area contributed by atoms with Gasteiger partial charge in [-0.25, -0.2) is 0 Å². The van der Waals surface area contributed by atoms with Crippen LogP contribution in [0.3, 0.4) is 0 Å². The maximum Gasteiger partial charge on any atom is 1.00 e. The van der Waals surface area contributed by atoms with E-state index in [9.17, 15) is 4.79 Å². The van der Waals surface area contributed by atoms with Gasteiger partial charge in [-0.05, 0) is 12.8 Å². The van der Waals surface area contributed by atoms with Crippen LogP contribution in [0.1, 0.15) is 26.7 Å². The Morgan fingerprint density at radius 2 is 1.91 bits per heavy atom. The number of aldehydes is 1. The second kappa shape index (κ2) is 7.89. The summed E-state index contributed by atoms with van der Waals surface area (Å²) in [7, 11) is 1.81. The number of hydrogen-bond donors (Lipinski definition) is 0. The van der Waals surface area contributed by atoms with Crippen LogP contribution in [0.2, 0.25) is 0 Å². The third-order valence-corrected chi connectivity index (χ3v) is 1.64. The van der Waals surface area contributed by atoms with Gasteiger partial charge in [0.05, 0.1) is 0 Å². The van der Waals surface area contributed by atoms with Gasteiger partial charge in [0.25, 0.3) is 0 Å². The molecule has 3 heteroatoms. The maximum atomic E-state index is 9.89. The fraction of sp³-hybridized carbons (Fsp3) is 0.875. The van der Waals surface area contributed by atoms with Crippen molar-refractivity contribution in [2.75, 3.05) is 13.6 Å². The Balaban J connectivity index is 0. The van der Waals surface area contributed by atoms with Gasteiger partial charge in [0, 0.05) is 5.41 Å². The first kappa shape index (κ1) is 14.8. The van der Waals surface area contributed by atoms with Gasteiger partial charge in [-0.15, -0.1) is 0 Å². The van der Waals surface area contributed by atoms with E-state index in [0.717, 1.165) is 25.7 Å². The number of hydrogen-bond acceptors (Lipinski definition) is 1. The molecule has 0 unspecified atom stereocenters. The normalized spacial score (nSPS) is 17.0. The largest absolute Gasteiger partial charge is 1.00 e. The van der Waals surface area contributed by atoms with Crippen LogP contribution in [-0.4, -0.2) is 19.9 Å². The van der Waals surface area contributed by atoms with Gasteiger partial charge in [0.15, 0.2) is 0 Å². The molecule has 0 aromatic rings. The SMILES string of the molecule is CC1(C=O)CC1.CC[N-]C.[K+]. The average molecular weight is 181 g/mol. The van der Waals surface area contributed by atoms with E-state index in [4.69, 9.17) is 0 Å². The molecule has 1 saturated carbocycles. The second-order valence-corrected chi connectivity index (χ2v) is 2.90. The van der Waals surface area contributed by atoms with E-state index in [1.54, 1.807) is 7.05 Å². The van der Waals surface area contributed by atoms with Gasteiger partial charge < -0.3 is 10.1 Å². The van der Waals surface area contributed by atoms with Crippen LogP contribution >= 0.6 is 0 Å². The van der Waals surface area contributed by atoms with E-state index in [0.29, 0.717) is 0 Å². The minimum atomic E-state index is 0. The van der Waals surface area contributed by atoms with Crippen molar-refractivity contribution < 1.29 is 56.2 Å². The Labute approximate surface area is 112 Å². The first-order valence-electron chi connectivity index (χ1n) is 3.70. The minimum absolute atomic E-state index is 0. The summed E-state index contributed by atoms with van der Waals surface area (Å²) in [5.74, 6) is 0. The van der Waals surface area contributed by atoms with Crippen molar-refractivity contribution in [3.05, 3.63) is 5.32 Å². The molecular formula is C8H16KNO. The van der Waals surface area contributed by atoms with E-state index in [1.807, 2.05) is 13.8 Å². The Bertz CT molecular complexity index is 100. The monoisotopic (exact) mass is 181 g/mol. The third-order valence-electron chi connectivity index (χ3n) is 1.64. The Morgan fingerprint density at radius 3 is 1.91 bits per heavy atom. The quantitative estimate of drug-likeness (QED) is 0.397. The van der Waals surface area contributed by atoms with Crippen LogP contribution in [0.5, 0.6) is 0 Å². The Hall–Kier alpha value is 1.27. The van der Waals surface area contributed by atoms with Gasteiger partial charge in [0.2, 0.25) is 0 Å². The summed E-state index contributed by atoms with van der Waals surface area (Å²) in [6.45, 7) is 4.94. The Morgan fingerprint density at radius 1 is 1.55 bits per heavy atom. The van der Waals surface area contributed by atoms with Crippen molar-refractivity contribution in [2.45, 2.75) is 26.7 Å². The molecule has 2 nitrogen and oxygen atoms in total. The third kappa shape index (κ3) is 9.18. The summed E-state index contributed by atoms with van der Waals surface area (Å²) in [4.78, 5) is 9.89. The molecule has 0 aliphatic heterocycles. The van der Waals surface area contributed by atoms with Gasteiger partial charge in [-0.1, -0.05) is 13.8 Å². The molecule has 0 amide bonds. The topological polar surface area (TPSA) is 31.2 Å². The molecule has 1 aliphatic carbocycles. The van der Waals surface area contributed by atoms with Crippen molar-refractivity contribution in [1.29, 1.82) is 0 Å². The van der Waals surface area contributed by atoms with Gasteiger partial charge in [0.1, 0.15) is 6.29 Å². The molecule has 0 N–H and O–H groups in total. The molecule has 0 heterocycles. The molecule has 60 valence electrons. The summed E-state index contributed by atoms with van der Waals surface area (Å²) in [5.41, 5.74) is 0.111. The van der Waals surface area contributed by atoms with E-state index in [2.05, 4.69) is 5.32 Å². The smallest absolute Gasteiger partial charge is 0.665 e. The van der Waals surface area contributed by atoms with Crippen molar-refractivity contribution in [3.63, 3.8) is 0 Å². The minimum Gasteiger partial charge on any atom is -0.665 e. The molecule has 0 bridgehead atoms. The molecule has 11 heavy (non-hydrogen) atoms. The van der Waals surface area contributed by atoms with E-state index >= 15 is 0 Å². The van der Waals surface area contributed by atoms with Gasteiger partial charge in [-0.3, -0.25) is 0 Å². The standard InChI is InChI=1S/C5H8O.C3H8N.K/c1-5(4-6)2-3-5;1-3-4-2;/h4H,2-3H2,1H3;3H2,1-2H3;/q;-1;+1. The summed E-state index contributed by atoms with van der Waals surface area (Å²) < 4.78 is 0. The second-order valence-electron chi connectivity index (χ2n) is 2.90. The van der Waals surface area contributed by atoms with Crippen LogP contribution in [0.15, 0.2) is 0 Å². The predicted octanol–water partition coefficient (Wildman–Crippen LogP) is -1.00. The molecule has 0 spiro atoms. The molecule has 1 fully saturated rings. The summed E-state index contributed by atoms with van der Waals surface area (Å²) >= 11 is 0. The van der Waals surface area contributed by atoms with Gasteiger partial charge >= 0.3 is 51.4 Å². The van der Waals surface area contributed by atoms with E-state index in [-0.39, 0.29) is 56.8 Å². The number of nitrogens with zero attached hydrogens (tertiary/aromatic N) is 1. The Kier molecular flexibility index (Phi) is 10.6. The fourth-order valence-corrected chi connectivity index (χ4v) is 0.315. The van der Waals surface area contributed by atoms with Crippen LogP contribution < -0.4 is 51.4 Å². The summed E-state index contributed by atoms with van der Waals surface area (Å²) in [5, 5.41) is 3.74. The average Bonchev–Trinajstić information content (AvgIpc) is 2.70. The number of carbonyl (C=O) groups excluding carboxylic acids is 1. The molecule has 1 rings (SSSR count). The molecular weight excluding hydrogens is 165 g/mol. The maximum absolute atomic E-state index is 9.89. The molecule has 0 aromatic carbocycles. The summed E-state index contributed by atoms with van der Waals surface area (Å²) in [6.07, 6.45) is 3.26. The zero-order chi connectivity index (χ0) is 8.04. The van der Waals surface area contributed by atoms with Crippen LogP contribution in [0.25, 0.3) is 5.32 Å². The number of carbonyl (C=O) groups is 1. The van der Waals surface area contributed by atoms with Crippen LogP contribution in [0, 0.1) is 5.41 Å². The van der Waals surface area contributed by atoms with Crippen molar-refractivity contribution in [1.82, 2.24) is 0 Å². The van der Waals surface area contributed by atoms with E-state index < -0.39 is 0 Å². The van der Waals surface area contributed by atoms with Crippen LogP contribution in [-0.2, 0) is 4.79 Å². The van der Waals surface area contributed by atoms with Crippen LogP contribution in [0.4, 0.5) is 0 Å². The molecule has 0 aromatic heterocycles. The van der Waals surface area contributed by atoms with Crippen molar-refractivity contribution in [3.8, 4) is 0 Å². The van der Waals surface area contributed by atoms with Crippen molar-refractivity contribution >= 4 is 6.29 Å². The zero-order valence-electron chi connectivity index (χ0n) is 8.05. The first-order valence-corrected chi connectivity index (χ1v) is 3.70. The molecule has 0 saturated heterocycles. The summed E-state index contributed by atoms with van der Waals surface area (Å²) in [6, 6.07) is 0. The van der Waals surface area contributed by atoms with E-state index in [1.165, 1.54) is 0 Å². The fourth-order valence-electron chi connectivity index (χ4n) is 0.315. The zero-order valence-corrected chi connectivity index (χ0v) is 11.2. The molecule has 1 aliphatic rings. The first-order chi connectivity index (χ1) is 4.68. The predicted molar refractivity (Wildman–Crippen MR) is 43.2 cm³/mol. The molecule has 0 atom stereocenters.